The molecule has 1 unspecified atom stereocenters. The number of halogens is 1. The summed E-state index contributed by atoms with van der Waals surface area (Å²) in [5, 5.41) is 9.65. The second kappa shape index (κ2) is 5.21. The lowest BCUT2D eigenvalue weighted by Crippen LogP contribution is -2.50. The molecule has 0 aliphatic carbocycles. The summed E-state index contributed by atoms with van der Waals surface area (Å²) in [4.78, 5) is 8.89. The molecule has 1 aliphatic heterocycles. The van der Waals surface area contributed by atoms with Crippen LogP contribution in [-0.4, -0.2) is 47.7 Å². The Morgan fingerprint density at radius 1 is 1.53 bits per heavy atom. The van der Waals surface area contributed by atoms with E-state index in [-0.39, 0.29) is 6.61 Å². The maximum absolute atomic E-state index is 9.03. The lowest BCUT2D eigenvalue weighted by molar-refractivity contribution is 0.274. The first-order valence-electron chi connectivity index (χ1n) is 5.82. The molecule has 5 heteroatoms. The highest BCUT2D eigenvalue weighted by molar-refractivity contribution is 6.33. The Hall–Kier alpha value is -0.840. The van der Waals surface area contributed by atoms with E-state index in [2.05, 4.69) is 28.8 Å². The van der Waals surface area contributed by atoms with E-state index < -0.39 is 0 Å². The maximum atomic E-state index is 9.03. The van der Waals surface area contributed by atoms with Crippen molar-refractivity contribution in [3.8, 4) is 0 Å². The van der Waals surface area contributed by atoms with Crippen molar-refractivity contribution in [3.05, 3.63) is 22.8 Å². The first kappa shape index (κ1) is 12.6. The number of anilines is 1. The van der Waals surface area contributed by atoms with Gasteiger partial charge in [0.25, 0.3) is 0 Å². The number of likely N-dealkylation sites (N-methyl/N-ethyl adjacent to an activating group) is 1. The highest BCUT2D eigenvalue weighted by atomic mass is 35.5. The molecule has 1 fully saturated rings. The summed E-state index contributed by atoms with van der Waals surface area (Å²) in [5.74, 6) is 0.824. The van der Waals surface area contributed by atoms with E-state index in [4.69, 9.17) is 16.7 Å². The van der Waals surface area contributed by atoms with Crippen LogP contribution in [0.3, 0.4) is 0 Å². The molecule has 1 N–H and O–H groups in total. The summed E-state index contributed by atoms with van der Waals surface area (Å²) in [7, 11) is 2.12. The number of aliphatic hydroxyl groups is 1. The monoisotopic (exact) mass is 255 g/mol. The molecule has 0 radical (unpaired) electrons. The summed E-state index contributed by atoms with van der Waals surface area (Å²) in [6.45, 7) is 5.12. The molecule has 1 aliphatic rings. The van der Waals surface area contributed by atoms with Crippen molar-refractivity contribution in [3.63, 3.8) is 0 Å². The van der Waals surface area contributed by atoms with Crippen LogP contribution in [0.2, 0.25) is 5.02 Å². The van der Waals surface area contributed by atoms with Gasteiger partial charge in [0.1, 0.15) is 5.82 Å². The van der Waals surface area contributed by atoms with Gasteiger partial charge in [0.05, 0.1) is 11.6 Å². The molecule has 0 amide bonds. The highest BCUT2D eigenvalue weighted by Gasteiger charge is 2.24. The van der Waals surface area contributed by atoms with Crippen LogP contribution in [0.1, 0.15) is 12.5 Å². The Bertz CT molecular complexity index is 399. The molecule has 1 saturated heterocycles. The lowest BCUT2D eigenvalue weighted by atomic mass is 10.2. The molecular weight excluding hydrogens is 238 g/mol. The number of rotatable bonds is 2. The van der Waals surface area contributed by atoms with E-state index >= 15 is 0 Å². The molecule has 0 bridgehead atoms. The fraction of sp³-hybridized carbons (Fsp3) is 0.583. The topological polar surface area (TPSA) is 39.6 Å². The van der Waals surface area contributed by atoms with E-state index in [0.717, 1.165) is 31.0 Å². The van der Waals surface area contributed by atoms with Crippen molar-refractivity contribution in [1.29, 1.82) is 0 Å². The molecule has 0 saturated carbocycles. The highest BCUT2D eigenvalue weighted by Crippen LogP contribution is 2.27. The molecular formula is C12H18ClN3O. The summed E-state index contributed by atoms with van der Waals surface area (Å²) in [5.41, 5.74) is 0.750. The number of hydrogen-bond acceptors (Lipinski definition) is 4. The van der Waals surface area contributed by atoms with Crippen LogP contribution in [0.25, 0.3) is 0 Å². The summed E-state index contributed by atoms with van der Waals surface area (Å²) >= 11 is 6.21. The van der Waals surface area contributed by atoms with Gasteiger partial charge in [0.15, 0.2) is 0 Å². The first-order chi connectivity index (χ1) is 8.11. The van der Waals surface area contributed by atoms with Crippen LogP contribution in [0, 0.1) is 0 Å². The van der Waals surface area contributed by atoms with Crippen LogP contribution >= 0.6 is 11.6 Å². The van der Waals surface area contributed by atoms with Crippen molar-refractivity contribution < 1.29 is 5.11 Å². The minimum Gasteiger partial charge on any atom is -0.392 e. The molecule has 17 heavy (non-hydrogen) atoms. The molecule has 94 valence electrons. The third-order valence-corrected chi connectivity index (χ3v) is 3.44. The predicted molar refractivity (Wildman–Crippen MR) is 69.5 cm³/mol. The number of hydrogen-bond donors (Lipinski definition) is 1. The molecule has 0 spiro atoms. The molecule has 1 aromatic rings. The Morgan fingerprint density at radius 2 is 2.29 bits per heavy atom. The van der Waals surface area contributed by atoms with Gasteiger partial charge >= 0.3 is 0 Å². The van der Waals surface area contributed by atoms with Gasteiger partial charge < -0.3 is 14.9 Å². The quantitative estimate of drug-likeness (QED) is 0.867. The van der Waals surface area contributed by atoms with Crippen molar-refractivity contribution in [2.45, 2.75) is 19.6 Å². The number of pyridine rings is 1. The van der Waals surface area contributed by atoms with Gasteiger partial charge in [-0.25, -0.2) is 4.98 Å². The minimum absolute atomic E-state index is 0.0225. The number of nitrogens with zero attached hydrogens (tertiary/aromatic N) is 3. The predicted octanol–water partition coefficient (Wildman–Crippen LogP) is 1.37. The van der Waals surface area contributed by atoms with E-state index in [1.165, 1.54) is 0 Å². The smallest absolute Gasteiger partial charge is 0.147 e. The largest absolute Gasteiger partial charge is 0.392 e. The number of piperazine rings is 1. The van der Waals surface area contributed by atoms with Gasteiger partial charge in [-0.05, 0) is 25.6 Å². The number of aliphatic hydroxyl groups excluding tert-OH is 1. The van der Waals surface area contributed by atoms with Crippen LogP contribution in [0.5, 0.6) is 0 Å². The lowest BCUT2D eigenvalue weighted by Gasteiger charge is -2.39. The Labute approximate surface area is 107 Å². The second-order valence-corrected chi connectivity index (χ2v) is 5.02. The Morgan fingerprint density at radius 3 is 2.88 bits per heavy atom. The Kier molecular flexibility index (Phi) is 3.86. The fourth-order valence-corrected chi connectivity index (χ4v) is 2.52. The maximum Gasteiger partial charge on any atom is 0.147 e. The van der Waals surface area contributed by atoms with Crippen molar-refractivity contribution in [1.82, 2.24) is 9.88 Å². The molecule has 2 rings (SSSR count). The second-order valence-electron chi connectivity index (χ2n) is 4.61. The normalized spacial score (nSPS) is 21.9. The zero-order chi connectivity index (χ0) is 12.4. The van der Waals surface area contributed by atoms with Gasteiger partial charge in [0, 0.05) is 31.9 Å². The molecule has 2 heterocycles. The summed E-state index contributed by atoms with van der Waals surface area (Å²) < 4.78 is 0. The zero-order valence-electron chi connectivity index (χ0n) is 10.2. The van der Waals surface area contributed by atoms with Gasteiger partial charge in [0.2, 0.25) is 0 Å². The fourth-order valence-electron chi connectivity index (χ4n) is 2.22. The third-order valence-electron chi connectivity index (χ3n) is 3.16. The van der Waals surface area contributed by atoms with Crippen molar-refractivity contribution in [2.75, 3.05) is 31.6 Å². The van der Waals surface area contributed by atoms with Crippen LogP contribution in [0.4, 0.5) is 5.82 Å². The number of aromatic nitrogens is 1. The van der Waals surface area contributed by atoms with E-state index in [9.17, 15) is 0 Å². The minimum atomic E-state index is -0.0225. The van der Waals surface area contributed by atoms with Crippen LogP contribution < -0.4 is 4.90 Å². The standard InChI is InChI=1S/C12H18ClN3O/c1-9-7-15(2)3-4-16(9)12-11(13)5-10(8-17)6-14-12/h5-6,9,17H,3-4,7-8H2,1-2H3. The zero-order valence-corrected chi connectivity index (χ0v) is 11.0. The Balaban J connectivity index is 2.22. The molecule has 0 aromatic carbocycles. The average molecular weight is 256 g/mol. The summed E-state index contributed by atoms with van der Waals surface area (Å²) in [6, 6.07) is 2.19. The summed E-state index contributed by atoms with van der Waals surface area (Å²) in [6.07, 6.45) is 1.69. The molecule has 1 atom stereocenters. The van der Waals surface area contributed by atoms with Gasteiger partial charge in [-0.1, -0.05) is 11.6 Å². The third kappa shape index (κ3) is 2.70. The molecule has 4 nitrogen and oxygen atoms in total. The van der Waals surface area contributed by atoms with Crippen LogP contribution in [-0.2, 0) is 6.61 Å². The van der Waals surface area contributed by atoms with Crippen molar-refractivity contribution >= 4 is 17.4 Å². The van der Waals surface area contributed by atoms with Gasteiger partial charge in [-0.2, -0.15) is 0 Å². The van der Waals surface area contributed by atoms with E-state index in [1.54, 1.807) is 12.3 Å². The average Bonchev–Trinajstić information content (AvgIpc) is 2.30. The van der Waals surface area contributed by atoms with Gasteiger partial charge in [-0.15, -0.1) is 0 Å². The SMILES string of the molecule is CC1CN(C)CCN1c1ncc(CO)cc1Cl. The van der Waals surface area contributed by atoms with E-state index in [0.29, 0.717) is 11.1 Å². The first-order valence-corrected chi connectivity index (χ1v) is 6.20. The van der Waals surface area contributed by atoms with Gasteiger partial charge in [-0.3, -0.25) is 0 Å². The van der Waals surface area contributed by atoms with E-state index in [1.807, 2.05) is 0 Å². The van der Waals surface area contributed by atoms with Crippen molar-refractivity contribution in [2.24, 2.45) is 0 Å². The van der Waals surface area contributed by atoms with Crippen LogP contribution in [0.15, 0.2) is 12.3 Å². The molecule has 1 aromatic heterocycles.